The number of piperidine rings is 1. The second kappa shape index (κ2) is 13.1. The third-order valence-electron chi connectivity index (χ3n) is 5.71. The van der Waals surface area contributed by atoms with Crippen LogP contribution >= 0.6 is 0 Å². The zero-order chi connectivity index (χ0) is 23.5. The maximum absolute atomic E-state index is 12.4. The number of nitrogens with zero attached hydrogens (tertiary/aromatic N) is 2. The number of imide groups is 1. The summed E-state index contributed by atoms with van der Waals surface area (Å²) in [5.74, 6) is -0.391. The number of ether oxygens (including phenoxy) is 3. The molecule has 0 saturated carbocycles. The van der Waals surface area contributed by atoms with Crippen LogP contribution in [0, 0.1) is 0 Å². The number of amides is 3. The van der Waals surface area contributed by atoms with Gasteiger partial charge in [0.05, 0.1) is 39.5 Å². The highest BCUT2D eigenvalue weighted by Gasteiger charge is 2.26. The van der Waals surface area contributed by atoms with E-state index >= 15 is 0 Å². The summed E-state index contributed by atoms with van der Waals surface area (Å²) in [6.07, 6.45) is 1.22. The molecule has 2 heterocycles. The summed E-state index contributed by atoms with van der Waals surface area (Å²) in [6, 6.07) is 7.50. The summed E-state index contributed by atoms with van der Waals surface area (Å²) in [5, 5.41) is 5.54. The Labute approximate surface area is 194 Å². The average molecular weight is 463 g/mol. The van der Waals surface area contributed by atoms with Crippen LogP contribution in [0.2, 0.25) is 0 Å². The minimum atomic E-state index is -0.393. The van der Waals surface area contributed by atoms with Gasteiger partial charge in [-0.15, -0.1) is 0 Å². The molecule has 2 N–H and O–H groups in total. The number of anilines is 2. The van der Waals surface area contributed by atoms with E-state index in [-0.39, 0.29) is 17.7 Å². The van der Waals surface area contributed by atoms with E-state index in [1.165, 1.54) is 0 Å². The molecule has 3 amide bonds. The lowest BCUT2D eigenvalue weighted by Crippen LogP contribution is -2.49. The van der Waals surface area contributed by atoms with Crippen molar-refractivity contribution in [3.05, 3.63) is 24.3 Å². The van der Waals surface area contributed by atoms with E-state index in [0.29, 0.717) is 65.4 Å². The van der Waals surface area contributed by atoms with Gasteiger partial charge in [0.25, 0.3) is 0 Å². The topological polar surface area (TPSA) is 109 Å². The lowest BCUT2D eigenvalue weighted by molar-refractivity contribution is -0.134. The molecule has 182 valence electrons. The zero-order valence-electron chi connectivity index (χ0n) is 19.2. The Morgan fingerprint density at radius 2 is 1.67 bits per heavy atom. The van der Waals surface area contributed by atoms with Crippen molar-refractivity contribution in [2.45, 2.75) is 25.3 Å². The van der Waals surface area contributed by atoms with E-state index in [1.54, 1.807) is 7.11 Å². The largest absolute Gasteiger partial charge is 0.382 e. The Bertz CT molecular complexity index is 780. The van der Waals surface area contributed by atoms with Crippen LogP contribution < -0.4 is 15.5 Å². The number of hydrogen-bond acceptors (Lipinski definition) is 8. The van der Waals surface area contributed by atoms with Crippen LogP contribution in [0.3, 0.4) is 0 Å². The molecular weight excluding hydrogens is 428 g/mol. The second-order valence-electron chi connectivity index (χ2n) is 8.03. The van der Waals surface area contributed by atoms with Gasteiger partial charge in [-0.3, -0.25) is 19.7 Å². The average Bonchev–Trinajstić information content (AvgIpc) is 2.83. The molecule has 0 aliphatic carbocycles. The molecular formula is C23H34N4O6. The van der Waals surface area contributed by atoms with Crippen LogP contribution in [0.25, 0.3) is 0 Å². The number of methoxy groups -OCH3 is 1. The van der Waals surface area contributed by atoms with Gasteiger partial charge in [-0.1, -0.05) is 0 Å². The standard InChI is InChI=1S/C23H34N4O6/c1-31-14-15-33-17-16-32-13-8-22(29)27-11-9-26(10-12-27)19-4-2-18(3-5-19)24-20-6-7-21(28)25-23(20)30/h2-5,20,24H,6-17H2,1H3,(H,25,28,30). The summed E-state index contributed by atoms with van der Waals surface area (Å²) in [4.78, 5) is 39.7. The summed E-state index contributed by atoms with van der Waals surface area (Å²) in [7, 11) is 1.63. The highest BCUT2D eigenvalue weighted by atomic mass is 16.5. The monoisotopic (exact) mass is 462 g/mol. The van der Waals surface area contributed by atoms with E-state index in [2.05, 4.69) is 15.5 Å². The number of rotatable bonds is 12. The molecule has 2 aliphatic heterocycles. The van der Waals surface area contributed by atoms with Crippen LogP contribution in [0.15, 0.2) is 24.3 Å². The van der Waals surface area contributed by atoms with Gasteiger partial charge in [-0.05, 0) is 30.7 Å². The number of carbonyl (C=O) groups excluding carboxylic acids is 3. The van der Waals surface area contributed by atoms with E-state index < -0.39 is 6.04 Å². The Balaban J connectivity index is 1.33. The maximum atomic E-state index is 12.4. The first-order chi connectivity index (χ1) is 16.1. The normalized spacial score (nSPS) is 18.9. The predicted molar refractivity (Wildman–Crippen MR) is 123 cm³/mol. The minimum Gasteiger partial charge on any atom is -0.382 e. The lowest BCUT2D eigenvalue weighted by atomic mass is 10.1. The van der Waals surface area contributed by atoms with Gasteiger partial charge in [-0.25, -0.2) is 0 Å². The SMILES string of the molecule is COCCOCCOCCC(=O)N1CCN(c2ccc(NC3CCC(=O)NC3=O)cc2)CC1. The van der Waals surface area contributed by atoms with E-state index in [0.717, 1.165) is 24.5 Å². The molecule has 1 unspecified atom stereocenters. The van der Waals surface area contributed by atoms with Gasteiger partial charge in [-0.2, -0.15) is 0 Å². The molecule has 0 spiro atoms. The number of piperazine rings is 1. The third-order valence-corrected chi connectivity index (χ3v) is 5.71. The smallest absolute Gasteiger partial charge is 0.249 e. The predicted octanol–water partition coefficient (Wildman–Crippen LogP) is 0.622. The zero-order valence-corrected chi connectivity index (χ0v) is 19.2. The highest BCUT2D eigenvalue weighted by Crippen LogP contribution is 2.21. The quantitative estimate of drug-likeness (QED) is 0.344. The molecule has 2 saturated heterocycles. The van der Waals surface area contributed by atoms with Crippen LogP contribution in [0.4, 0.5) is 11.4 Å². The fourth-order valence-electron chi connectivity index (χ4n) is 3.80. The first kappa shape index (κ1) is 24.9. The van der Waals surface area contributed by atoms with E-state index in [4.69, 9.17) is 14.2 Å². The van der Waals surface area contributed by atoms with Gasteiger partial charge >= 0.3 is 0 Å². The fourth-order valence-corrected chi connectivity index (χ4v) is 3.80. The van der Waals surface area contributed by atoms with Crippen molar-refractivity contribution < 1.29 is 28.6 Å². The number of carbonyl (C=O) groups is 3. The van der Waals surface area contributed by atoms with Crippen LogP contribution in [0.1, 0.15) is 19.3 Å². The van der Waals surface area contributed by atoms with Gasteiger partial charge in [0.15, 0.2) is 0 Å². The Hall–Kier alpha value is -2.69. The van der Waals surface area contributed by atoms with Gasteiger partial charge < -0.3 is 29.3 Å². The molecule has 0 bridgehead atoms. The van der Waals surface area contributed by atoms with E-state index in [1.807, 2.05) is 29.2 Å². The first-order valence-electron chi connectivity index (χ1n) is 11.4. The van der Waals surface area contributed by atoms with Crippen molar-refractivity contribution in [2.75, 3.05) is 76.5 Å². The van der Waals surface area contributed by atoms with Crippen molar-refractivity contribution in [1.29, 1.82) is 0 Å². The summed E-state index contributed by atoms with van der Waals surface area (Å²) >= 11 is 0. The molecule has 3 rings (SSSR count). The van der Waals surface area contributed by atoms with Crippen LogP contribution in [-0.4, -0.2) is 95.0 Å². The Kier molecular flexibility index (Phi) is 9.92. The summed E-state index contributed by atoms with van der Waals surface area (Å²) in [5.41, 5.74) is 1.92. The van der Waals surface area contributed by atoms with Gasteiger partial charge in [0, 0.05) is 51.1 Å². The first-order valence-corrected chi connectivity index (χ1v) is 11.4. The van der Waals surface area contributed by atoms with E-state index in [9.17, 15) is 14.4 Å². The molecule has 1 atom stereocenters. The van der Waals surface area contributed by atoms with Crippen molar-refractivity contribution in [3.63, 3.8) is 0 Å². The van der Waals surface area contributed by atoms with Crippen molar-refractivity contribution in [3.8, 4) is 0 Å². The highest BCUT2D eigenvalue weighted by molar-refractivity contribution is 6.01. The maximum Gasteiger partial charge on any atom is 0.249 e. The lowest BCUT2D eigenvalue weighted by Gasteiger charge is -2.36. The summed E-state index contributed by atoms with van der Waals surface area (Å²) < 4.78 is 15.7. The molecule has 0 radical (unpaired) electrons. The molecule has 10 nitrogen and oxygen atoms in total. The molecule has 10 heteroatoms. The summed E-state index contributed by atoms with van der Waals surface area (Å²) in [6.45, 7) is 5.35. The molecule has 2 aliphatic rings. The minimum absolute atomic E-state index is 0.110. The molecule has 33 heavy (non-hydrogen) atoms. The third kappa shape index (κ3) is 7.99. The molecule has 2 fully saturated rings. The van der Waals surface area contributed by atoms with Gasteiger partial charge in [0.1, 0.15) is 6.04 Å². The van der Waals surface area contributed by atoms with Crippen molar-refractivity contribution in [1.82, 2.24) is 10.2 Å². The second-order valence-corrected chi connectivity index (χ2v) is 8.03. The molecule has 0 aromatic heterocycles. The molecule has 1 aromatic rings. The molecule has 1 aromatic carbocycles. The Morgan fingerprint density at radius 3 is 2.33 bits per heavy atom. The fraction of sp³-hybridized carbons (Fsp3) is 0.609. The van der Waals surface area contributed by atoms with Crippen LogP contribution in [0.5, 0.6) is 0 Å². The van der Waals surface area contributed by atoms with Crippen molar-refractivity contribution >= 4 is 29.1 Å². The van der Waals surface area contributed by atoms with Crippen molar-refractivity contribution in [2.24, 2.45) is 0 Å². The number of benzene rings is 1. The number of nitrogens with one attached hydrogen (secondary N) is 2. The Morgan fingerprint density at radius 1 is 1.00 bits per heavy atom. The number of hydrogen-bond donors (Lipinski definition) is 2. The van der Waals surface area contributed by atoms with Crippen LogP contribution in [-0.2, 0) is 28.6 Å². The van der Waals surface area contributed by atoms with Gasteiger partial charge in [0.2, 0.25) is 17.7 Å².